The third kappa shape index (κ3) is 7.12. The molecular formula is C33H43F2N9O5S. The van der Waals surface area contributed by atoms with Crippen LogP contribution in [0.3, 0.4) is 0 Å². The van der Waals surface area contributed by atoms with E-state index in [1.54, 1.807) is 4.31 Å². The monoisotopic (exact) mass is 715 g/mol. The Morgan fingerprint density at radius 3 is 2.40 bits per heavy atom. The number of nitrogens with zero attached hydrogens (tertiary/aromatic N) is 7. The Bertz CT molecular complexity index is 1840. The molecule has 1 aromatic carbocycles. The summed E-state index contributed by atoms with van der Waals surface area (Å²) in [4.78, 5) is 37.3. The van der Waals surface area contributed by atoms with Crippen LogP contribution >= 0.6 is 0 Å². The molecule has 3 aromatic rings. The van der Waals surface area contributed by atoms with E-state index in [0.29, 0.717) is 63.0 Å². The Morgan fingerprint density at radius 1 is 1.04 bits per heavy atom. The van der Waals surface area contributed by atoms with Crippen molar-refractivity contribution < 1.29 is 31.5 Å². The summed E-state index contributed by atoms with van der Waals surface area (Å²) >= 11 is 0. The zero-order chi connectivity index (χ0) is 35.2. The molecule has 2 bridgehead atoms. The van der Waals surface area contributed by atoms with Crippen molar-refractivity contribution in [3.05, 3.63) is 35.8 Å². The molecule has 2 aromatic heterocycles. The lowest BCUT2D eigenvalue weighted by Gasteiger charge is -2.42. The van der Waals surface area contributed by atoms with Crippen LogP contribution in [0.1, 0.15) is 62.1 Å². The zero-order valence-corrected chi connectivity index (χ0v) is 29.0. The first-order valence-corrected chi connectivity index (χ1v) is 18.9. The molecule has 0 aliphatic carbocycles. The Labute approximate surface area is 289 Å². The van der Waals surface area contributed by atoms with Crippen molar-refractivity contribution in [2.45, 2.75) is 82.5 Å². The molecule has 50 heavy (non-hydrogen) atoms. The lowest BCUT2D eigenvalue weighted by Crippen LogP contribution is -2.54. The molecule has 4 saturated heterocycles. The number of rotatable bonds is 11. The maximum Gasteiger partial charge on any atom is 0.387 e. The summed E-state index contributed by atoms with van der Waals surface area (Å²) in [6.45, 7) is 2.39. The molecule has 7 rings (SSSR count). The predicted octanol–water partition coefficient (Wildman–Crippen LogP) is 2.74. The summed E-state index contributed by atoms with van der Waals surface area (Å²) < 4.78 is 58.9. The first-order valence-electron chi connectivity index (χ1n) is 17.3. The van der Waals surface area contributed by atoms with Crippen molar-refractivity contribution in [3.63, 3.8) is 0 Å². The molecule has 6 heterocycles. The van der Waals surface area contributed by atoms with Crippen LogP contribution in [0.2, 0.25) is 0 Å². The number of aromatic nitrogens is 4. The topological polar surface area (TPSA) is 155 Å². The molecule has 0 radical (unpaired) electrons. The van der Waals surface area contributed by atoms with Gasteiger partial charge in [-0.2, -0.15) is 13.9 Å². The van der Waals surface area contributed by atoms with Gasteiger partial charge in [0.1, 0.15) is 0 Å². The van der Waals surface area contributed by atoms with Crippen LogP contribution in [0.25, 0.3) is 10.9 Å². The van der Waals surface area contributed by atoms with Crippen molar-refractivity contribution in [1.82, 2.24) is 34.3 Å². The largest absolute Gasteiger partial charge is 0.432 e. The van der Waals surface area contributed by atoms with Crippen LogP contribution in [0.5, 0.6) is 5.75 Å². The van der Waals surface area contributed by atoms with Crippen molar-refractivity contribution >= 4 is 44.4 Å². The Balaban J connectivity index is 0.913. The summed E-state index contributed by atoms with van der Waals surface area (Å²) in [5.74, 6) is -0.707. The fraction of sp³-hybridized carbons (Fsp3) is 0.606. The highest BCUT2D eigenvalue weighted by Crippen LogP contribution is 2.38. The number of amides is 2. The summed E-state index contributed by atoms with van der Waals surface area (Å²) in [6.07, 6.45) is 7.02. The second-order valence-electron chi connectivity index (χ2n) is 13.8. The number of halogens is 2. The van der Waals surface area contributed by atoms with E-state index in [0.717, 1.165) is 54.6 Å². The quantitative estimate of drug-likeness (QED) is 0.282. The average molecular weight is 716 g/mol. The van der Waals surface area contributed by atoms with E-state index < -0.39 is 22.6 Å². The van der Waals surface area contributed by atoms with Crippen molar-refractivity contribution in [2.24, 2.45) is 7.05 Å². The van der Waals surface area contributed by atoms with Gasteiger partial charge in [0.15, 0.2) is 5.75 Å². The third-order valence-corrected chi connectivity index (χ3v) is 12.5. The molecular weight excluding hydrogens is 672 g/mol. The number of anilines is 2. The Kier molecular flexibility index (Phi) is 9.64. The van der Waals surface area contributed by atoms with Crippen LogP contribution < -0.4 is 20.3 Å². The summed E-state index contributed by atoms with van der Waals surface area (Å²) in [7, 11) is -1.52. The van der Waals surface area contributed by atoms with Gasteiger partial charge in [0.25, 0.3) is 0 Å². The minimum atomic E-state index is -3.41. The first kappa shape index (κ1) is 34.5. The van der Waals surface area contributed by atoms with Gasteiger partial charge in [0, 0.05) is 68.8 Å². The van der Waals surface area contributed by atoms with Gasteiger partial charge in [0.2, 0.25) is 27.8 Å². The number of ether oxygens (including phenoxy) is 1. The molecule has 2 N–H and O–H groups in total. The Morgan fingerprint density at radius 2 is 1.74 bits per heavy atom. The number of piperidine rings is 2. The fourth-order valence-corrected chi connectivity index (χ4v) is 9.63. The molecule has 14 nitrogen and oxygen atoms in total. The highest BCUT2D eigenvalue weighted by molar-refractivity contribution is 7.89. The molecule has 3 atom stereocenters. The highest BCUT2D eigenvalue weighted by atomic mass is 32.2. The molecule has 3 unspecified atom stereocenters. The molecule has 4 fully saturated rings. The SMILES string of the molecule is Cc1cc2c(C3CCC(=O)NC3=O)nn(C)c2cc1N1CC2CCC(C1)N2CCCS(=O)(=O)N1CCC(Nc2ncc(OC(F)F)cn2)CC1. The number of piperazine rings is 1. The standard InChI is InChI=1S/C33H43F2N9O5S/c1-20-14-26-28(41(2)40-30(26)25-6-7-29(45)39-31(25)46)15-27(20)42-18-22-4-5-23(19-42)44(22)10-3-13-50(47,48)43-11-8-21(9-12-43)38-33-36-16-24(17-37-33)49-32(34)35/h14-17,21-23,25,32H,3-13,18-19H2,1-2H3,(H,36,37,38)(H,39,45,46). The number of imide groups is 1. The normalized spacial score (nSPS) is 23.9. The summed E-state index contributed by atoms with van der Waals surface area (Å²) in [5.41, 5.74) is 3.93. The van der Waals surface area contributed by atoms with Gasteiger partial charge < -0.3 is 15.0 Å². The number of fused-ring (bicyclic) bond motifs is 3. The minimum absolute atomic E-state index is 0.0233. The molecule has 2 amide bonds. The van der Waals surface area contributed by atoms with Crippen LogP contribution in [0, 0.1) is 6.92 Å². The minimum Gasteiger partial charge on any atom is -0.432 e. The molecule has 4 aliphatic heterocycles. The maximum atomic E-state index is 13.3. The smallest absolute Gasteiger partial charge is 0.387 e. The second-order valence-corrected chi connectivity index (χ2v) is 15.9. The maximum absolute atomic E-state index is 13.3. The van der Waals surface area contributed by atoms with Crippen LogP contribution in [0.4, 0.5) is 20.4 Å². The van der Waals surface area contributed by atoms with Crippen molar-refractivity contribution in [2.75, 3.05) is 48.7 Å². The second kappa shape index (κ2) is 14.0. The first-order chi connectivity index (χ1) is 23.9. The van der Waals surface area contributed by atoms with Gasteiger partial charge in [-0.25, -0.2) is 22.7 Å². The fourth-order valence-electron chi connectivity index (χ4n) is 8.11. The number of hydrogen-bond acceptors (Lipinski definition) is 11. The number of sulfonamides is 1. The number of alkyl halides is 2. The van der Waals surface area contributed by atoms with Crippen LogP contribution in [-0.2, 0) is 26.7 Å². The number of carbonyl (C=O) groups is 2. The molecule has 270 valence electrons. The highest BCUT2D eigenvalue weighted by Gasteiger charge is 2.40. The van der Waals surface area contributed by atoms with Gasteiger partial charge in [-0.3, -0.25) is 24.5 Å². The van der Waals surface area contributed by atoms with Crippen LogP contribution in [0.15, 0.2) is 24.5 Å². The van der Waals surface area contributed by atoms with E-state index >= 15 is 0 Å². The zero-order valence-electron chi connectivity index (χ0n) is 28.2. The molecule has 0 saturated carbocycles. The Hall–Kier alpha value is -3.96. The van der Waals surface area contributed by atoms with Crippen molar-refractivity contribution in [1.29, 1.82) is 0 Å². The summed E-state index contributed by atoms with van der Waals surface area (Å²) in [6, 6.07) is 4.95. The summed E-state index contributed by atoms with van der Waals surface area (Å²) in [5, 5.41) is 11.3. The van der Waals surface area contributed by atoms with E-state index in [1.165, 1.54) is 12.4 Å². The third-order valence-electron chi connectivity index (χ3n) is 10.6. The van der Waals surface area contributed by atoms with E-state index in [4.69, 9.17) is 5.10 Å². The average Bonchev–Trinajstić information content (AvgIpc) is 3.50. The lowest BCUT2D eigenvalue weighted by molar-refractivity contribution is -0.134. The van der Waals surface area contributed by atoms with Crippen LogP contribution in [-0.4, -0.2) is 112 Å². The van der Waals surface area contributed by atoms with Crippen molar-refractivity contribution in [3.8, 4) is 5.75 Å². The predicted molar refractivity (Wildman–Crippen MR) is 182 cm³/mol. The van der Waals surface area contributed by atoms with Gasteiger partial charge in [0.05, 0.1) is 35.3 Å². The lowest BCUT2D eigenvalue weighted by atomic mass is 9.92. The molecule has 0 spiro atoms. The van der Waals surface area contributed by atoms with Gasteiger partial charge in [-0.05, 0) is 69.7 Å². The number of nitrogens with one attached hydrogen (secondary N) is 2. The van der Waals surface area contributed by atoms with Gasteiger partial charge >= 0.3 is 6.61 Å². The number of aryl methyl sites for hydroxylation is 2. The van der Waals surface area contributed by atoms with E-state index in [9.17, 15) is 26.8 Å². The number of carbonyl (C=O) groups excluding carboxylic acids is 2. The van der Waals surface area contributed by atoms with E-state index in [1.807, 2.05) is 11.7 Å². The number of benzene rings is 1. The molecule has 17 heteroatoms. The van der Waals surface area contributed by atoms with E-state index in [2.05, 4.69) is 54.2 Å². The molecule has 4 aliphatic rings. The van der Waals surface area contributed by atoms with E-state index in [-0.39, 0.29) is 35.3 Å². The number of hydrogen-bond donors (Lipinski definition) is 2. The van der Waals surface area contributed by atoms with Gasteiger partial charge in [-0.1, -0.05) is 0 Å². The van der Waals surface area contributed by atoms with Gasteiger partial charge in [-0.15, -0.1) is 0 Å².